The summed E-state index contributed by atoms with van der Waals surface area (Å²) in [5, 5.41) is 8.13. The van der Waals surface area contributed by atoms with Gasteiger partial charge in [0.15, 0.2) is 0 Å². The number of aromatic nitrogens is 2. The molecule has 1 aromatic heterocycles. The van der Waals surface area contributed by atoms with Crippen LogP contribution in [0.4, 0.5) is 0 Å². The van der Waals surface area contributed by atoms with Gasteiger partial charge in [0, 0.05) is 36.4 Å². The molecule has 1 N–H and O–H groups in total. The van der Waals surface area contributed by atoms with Crippen LogP contribution < -0.4 is 5.32 Å². The van der Waals surface area contributed by atoms with E-state index < -0.39 is 0 Å². The van der Waals surface area contributed by atoms with Gasteiger partial charge in [-0.3, -0.25) is 9.58 Å². The van der Waals surface area contributed by atoms with Crippen LogP contribution in [0.15, 0.2) is 12.4 Å². The second kappa shape index (κ2) is 5.63. The molecule has 0 spiro atoms. The minimum Gasteiger partial charge on any atom is -0.312 e. The second-order valence-corrected chi connectivity index (χ2v) is 6.31. The lowest BCUT2D eigenvalue weighted by Gasteiger charge is -2.29. The van der Waals surface area contributed by atoms with Crippen molar-refractivity contribution in [2.75, 3.05) is 13.1 Å². The molecule has 0 bridgehead atoms. The SMILES string of the molecule is CC(C)n1cc(CN2CCCC2C2CCCN2)cn1. The van der Waals surface area contributed by atoms with Crippen LogP contribution in [0.2, 0.25) is 0 Å². The summed E-state index contributed by atoms with van der Waals surface area (Å²) in [5.74, 6) is 0. The summed E-state index contributed by atoms with van der Waals surface area (Å²) in [5.41, 5.74) is 1.36. The van der Waals surface area contributed by atoms with E-state index in [9.17, 15) is 0 Å². The number of rotatable bonds is 4. The first-order valence-electron chi connectivity index (χ1n) is 7.74. The number of nitrogens with zero attached hydrogens (tertiary/aromatic N) is 3. The maximum absolute atomic E-state index is 4.45. The maximum atomic E-state index is 4.45. The van der Waals surface area contributed by atoms with Gasteiger partial charge in [0.05, 0.1) is 6.20 Å². The summed E-state index contributed by atoms with van der Waals surface area (Å²) in [7, 11) is 0. The molecule has 2 fully saturated rings. The fourth-order valence-corrected chi connectivity index (χ4v) is 3.52. The molecule has 0 aliphatic carbocycles. The van der Waals surface area contributed by atoms with Gasteiger partial charge >= 0.3 is 0 Å². The minimum atomic E-state index is 0.458. The zero-order valence-electron chi connectivity index (χ0n) is 12.2. The average molecular weight is 262 g/mol. The van der Waals surface area contributed by atoms with Crippen molar-refractivity contribution >= 4 is 0 Å². The highest BCUT2D eigenvalue weighted by molar-refractivity contribution is 5.06. The van der Waals surface area contributed by atoms with Crippen LogP contribution in [0.1, 0.15) is 51.1 Å². The van der Waals surface area contributed by atoms with Crippen LogP contribution in [0, 0.1) is 0 Å². The minimum absolute atomic E-state index is 0.458. The number of likely N-dealkylation sites (tertiary alicyclic amines) is 1. The highest BCUT2D eigenvalue weighted by Gasteiger charge is 2.33. The Morgan fingerprint density at radius 2 is 2.26 bits per heavy atom. The molecule has 1 aromatic rings. The predicted octanol–water partition coefficient (Wildman–Crippen LogP) is 2.18. The van der Waals surface area contributed by atoms with E-state index in [0.29, 0.717) is 6.04 Å². The van der Waals surface area contributed by atoms with Gasteiger partial charge in [0.1, 0.15) is 0 Å². The molecule has 2 aliphatic heterocycles. The molecule has 3 rings (SSSR count). The molecule has 0 saturated carbocycles. The average Bonchev–Trinajstić information content (AvgIpc) is 3.09. The first-order valence-corrected chi connectivity index (χ1v) is 7.74. The maximum Gasteiger partial charge on any atom is 0.0534 e. The topological polar surface area (TPSA) is 33.1 Å². The largest absolute Gasteiger partial charge is 0.312 e. The molecular formula is C15H26N4. The number of hydrogen-bond acceptors (Lipinski definition) is 3. The smallest absolute Gasteiger partial charge is 0.0534 e. The van der Waals surface area contributed by atoms with E-state index in [4.69, 9.17) is 0 Å². The highest BCUT2D eigenvalue weighted by Crippen LogP contribution is 2.26. The number of nitrogens with one attached hydrogen (secondary N) is 1. The summed E-state index contributed by atoms with van der Waals surface area (Å²) in [6, 6.07) is 1.92. The van der Waals surface area contributed by atoms with E-state index in [-0.39, 0.29) is 0 Å². The molecule has 0 amide bonds. The molecule has 3 heterocycles. The van der Waals surface area contributed by atoms with Gasteiger partial charge in [-0.25, -0.2) is 0 Å². The van der Waals surface area contributed by atoms with Crippen LogP contribution in [-0.4, -0.2) is 39.9 Å². The zero-order chi connectivity index (χ0) is 13.2. The van der Waals surface area contributed by atoms with Gasteiger partial charge in [-0.05, 0) is 52.6 Å². The third-order valence-corrected chi connectivity index (χ3v) is 4.55. The Morgan fingerprint density at radius 1 is 1.37 bits per heavy atom. The van der Waals surface area contributed by atoms with Crippen molar-refractivity contribution in [2.45, 2.75) is 64.2 Å². The van der Waals surface area contributed by atoms with E-state index in [1.807, 2.05) is 6.20 Å². The Kier molecular flexibility index (Phi) is 3.89. The van der Waals surface area contributed by atoms with Crippen molar-refractivity contribution in [3.05, 3.63) is 18.0 Å². The molecule has 2 saturated heterocycles. The first kappa shape index (κ1) is 13.1. The fourth-order valence-electron chi connectivity index (χ4n) is 3.52. The van der Waals surface area contributed by atoms with Crippen LogP contribution in [0.3, 0.4) is 0 Å². The van der Waals surface area contributed by atoms with Crippen molar-refractivity contribution in [2.24, 2.45) is 0 Å². The van der Waals surface area contributed by atoms with Crippen molar-refractivity contribution in [1.82, 2.24) is 20.0 Å². The Labute approximate surface area is 116 Å². The van der Waals surface area contributed by atoms with Crippen LogP contribution in [0.25, 0.3) is 0 Å². The Morgan fingerprint density at radius 3 is 2.95 bits per heavy atom. The van der Waals surface area contributed by atoms with Crippen LogP contribution in [-0.2, 0) is 6.54 Å². The molecule has 19 heavy (non-hydrogen) atoms. The molecule has 2 aliphatic rings. The van der Waals surface area contributed by atoms with Crippen molar-refractivity contribution in [1.29, 1.82) is 0 Å². The van der Waals surface area contributed by atoms with E-state index >= 15 is 0 Å². The normalized spacial score (nSPS) is 28.6. The lowest BCUT2D eigenvalue weighted by Crippen LogP contribution is -2.43. The van der Waals surface area contributed by atoms with Gasteiger partial charge in [-0.15, -0.1) is 0 Å². The van der Waals surface area contributed by atoms with E-state index in [1.54, 1.807) is 0 Å². The number of hydrogen-bond donors (Lipinski definition) is 1. The molecule has 4 heteroatoms. The monoisotopic (exact) mass is 262 g/mol. The highest BCUT2D eigenvalue weighted by atomic mass is 15.3. The summed E-state index contributed by atoms with van der Waals surface area (Å²) in [6.45, 7) is 7.88. The lowest BCUT2D eigenvalue weighted by atomic mass is 10.0. The Hall–Kier alpha value is -0.870. The molecule has 4 nitrogen and oxygen atoms in total. The Bertz CT molecular complexity index is 406. The summed E-state index contributed by atoms with van der Waals surface area (Å²) in [6.07, 6.45) is 9.66. The van der Waals surface area contributed by atoms with Crippen molar-refractivity contribution in [3.63, 3.8) is 0 Å². The molecule has 0 radical (unpaired) electrons. The van der Waals surface area contributed by atoms with Gasteiger partial charge < -0.3 is 5.32 Å². The van der Waals surface area contributed by atoms with Gasteiger partial charge in [-0.2, -0.15) is 5.10 Å². The first-order chi connectivity index (χ1) is 9.24. The van der Waals surface area contributed by atoms with E-state index in [2.05, 4.69) is 40.0 Å². The summed E-state index contributed by atoms with van der Waals surface area (Å²) < 4.78 is 2.06. The quantitative estimate of drug-likeness (QED) is 0.903. The third-order valence-electron chi connectivity index (χ3n) is 4.55. The standard InChI is InChI=1S/C15H26N4/c1-12(2)19-11-13(9-17-19)10-18-8-4-6-15(18)14-5-3-7-16-14/h9,11-12,14-16H,3-8,10H2,1-2H3. The van der Waals surface area contributed by atoms with Crippen molar-refractivity contribution in [3.8, 4) is 0 Å². The predicted molar refractivity (Wildman–Crippen MR) is 77.1 cm³/mol. The van der Waals surface area contributed by atoms with Crippen LogP contribution in [0.5, 0.6) is 0 Å². The fraction of sp³-hybridized carbons (Fsp3) is 0.800. The van der Waals surface area contributed by atoms with Crippen LogP contribution >= 0.6 is 0 Å². The molecular weight excluding hydrogens is 236 g/mol. The lowest BCUT2D eigenvalue weighted by molar-refractivity contribution is 0.206. The molecule has 2 unspecified atom stereocenters. The van der Waals surface area contributed by atoms with Gasteiger partial charge in [-0.1, -0.05) is 0 Å². The summed E-state index contributed by atoms with van der Waals surface area (Å²) in [4.78, 5) is 2.66. The summed E-state index contributed by atoms with van der Waals surface area (Å²) >= 11 is 0. The van der Waals surface area contributed by atoms with Gasteiger partial charge in [0.25, 0.3) is 0 Å². The van der Waals surface area contributed by atoms with Gasteiger partial charge in [0.2, 0.25) is 0 Å². The van der Waals surface area contributed by atoms with E-state index in [1.165, 1.54) is 44.3 Å². The Balaban J connectivity index is 1.64. The third kappa shape index (κ3) is 2.84. The van der Waals surface area contributed by atoms with E-state index in [0.717, 1.165) is 18.6 Å². The van der Waals surface area contributed by atoms with Crippen molar-refractivity contribution < 1.29 is 0 Å². The zero-order valence-corrected chi connectivity index (χ0v) is 12.2. The second-order valence-electron chi connectivity index (χ2n) is 6.31. The molecule has 2 atom stereocenters. The molecule has 106 valence electrons. The molecule has 0 aromatic carbocycles.